The maximum atomic E-state index is 13.6. The van der Waals surface area contributed by atoms with Gasteiger partial charge in [0.1, 0.15) is 23.3 Å². The first-order valence-corrected chi connectivity index (χ1v) is 6.76. The molecule has 2 rings (SSSR count). The van der Waals surface area contributed by atoms with Gasteiger partial charge in [-0.1, -0.05) is 0 Å². The fourth-order valence-corrected chi connectivity index (χ4v) is 2.60. The molecule has 0 aromatic heterocycles. The van der Waals surface area contributed by atoms with E-state index in [-0.39, 0.29) is 17.1 Å². The van der Waals surface area contributed by atoms with Crippen molar-refractivity contribution in [1.29, 1.82) is 0 Å². The molecule has 2 N–H and O–H groups in total. The molecule has 1 saturated heterocycles. The molecule has 0 aliphatic carbocycles. The number of benzene rings is 1. The van der Waals surface area contributed by atoms with Crippen molar-refractivity contribution in [1.82, 2.24) is 10.2 Å². The number of aromatic hydroxyl groups is 1. The number of phenols is 1. The monoisotopic (exact) mass is 302 g/mol. The Hall–Kier alpha value is -1.60. The summed E-state index contributed by atoms with van der Waals surface area (Å²) < 4.78 is 37.4. The summed E-state index contributed by atoms with van der Waals surface area (Å²) in [6.45, 7) is 2.26. The number of methoxy groups -OCH3 is 2. The van der Waals surface area contributed by atoms with Gasteiger partial charge >= 0.3 is 0 Å². The van der Waals surface area contributed by atoms with E-state index in [0.29, 0.717) is 31.9 Å². The fourth-order valence-electron chi connectivity index (χ4n) is 2.60. The Balaban J connectivity index is 2.43. The zero-order chi connectivity index (χ0) is 15.4. The van der Waals surface area contributed by atoms with Gasteiger partial charge in [-0.3, -0.25) is 4.90 Å². The van der Waals surface area contributed by atoms with Crippen LogP contribution in [0, 0.1) is 0 Å². The lowest BCUT2D eigenvalue weighted by Gasteiger charge is -2.35. The molecule has 21 heavy (non-hydrogen) atoms. The fraction of sp³-hybridized carbons (Fsp3) is 0.571. The molecule has 1 atom stereocenters. The number of phenolic OH excluding ortho intramolecular Hbond substituents is 1. The summed E-state index contributed by atoms with van der Waals surface area (Å²) in [5.74, 6) is 0.326. The van der Waals surface area contributed by atoms with Gasteiger partial charge in [-0.15, -0.1) is 0 Å². The van der Waals surface area contributed by atoms with Gasteiger partial charge in [-0.25, -0.2) is 8.78 Å². The van der Waals surface area contributed by atoms with Crippen LogP contribution >= 0.6 is 0 Å². The standard InChI is InChI=1S/C14H20F2N2O3/c1-20-9-7-10(19)12(11(8-9)21-2)13(14(15)16)18-5-3-17-4-6-18/h7-8,13-14,17,19H,3-6H2,1-2H3/t13-/m1/s1. The second-order valence-electron chi connectivity index (χ2n) is 4.83. The number of nitrogens with one attached hydrogen (secondary N) is 1. The summed E-state index contributed by atoms with van der Waals surface area (Å²) >= 11 is 0. The molecule has 1 aromatic rings. The van der Waals surface area contributed by atoms with Gasteiger partial charge in [0, 0.05) is 38.3 Å². The third-order valence-corrected chi connectivity index (χ3v) is 3.63. The summed E-state index contributed by atoms with van der Waals surface area (Å²) in [6.07, 6.45) is -2.63. The first-order chi connectivity index (χ1) is 10.1. The second kappa shape index (κ2) is 6.91. The summed E-state index contributed by atoms with van der Waals surface area (Å²) in [7, 11) is 2.83. The smallest absolute Gasteiger partial charge is 0.258 e. The first kappa shape index (κ1) is 15.8. The van der Waals surface area contributed by atoms with E-state index in [1.807, 2.05) is 0 Å². The van der Waals surface area contributed by atoms with E-state index >= 15 is 0 Å². The third-order valence-electron chi connectivity index (χ3n) is 3.63. The van der Waals surface area contributed by atoms with Crippen LogP contribution in [0.1, 0.15) is 11.6 Å². The maximum absolute atomic E-state index is 13.6. The van der Waals surface area contributed by atoms with Crippen LogP contribution in [0.25, 0.3) is 0 Å². The third kappa shape index (κ3) is 3.36. The Morgan fingerprint density at radius 2 is 1.86 bits per heavy atom. The maximum Gasteiger partial charge on any atom is 0.258 e. The van der Waals surface area contributed by atoms with Crippen LogP contribution in [-0.4, -0.2) is 56.8 Å². The molecule has 0 saturated carbocycles. The molecule has 0 spiro atoms. The zero-order valence-electron chi connectivity index (χ0n) is 12.1. The van der Waals surface area contributed by atoms with Crippen molar-refractivity contribution >= 4 is 0 Å². The minimum Gasteiger partial charge on any atom is -0.507 e. The predicted octanol–water partition coefficient (Wildman–Crippen LogP) is 1.62. The molecule has 1 fully saturated rings. The number of alkyl halides is 2. The molecule has 5 nitrogen and oxygen atoms in total. The second-order valence-corrected chi connectivity index (χ2v) is 4.83. The van der Waals surface area contributed by atoms with Crippen molar-refractivity contribution in [2.24, 2.45) is 0 Å². The first-order valence-electron chi connectivity index (χ1n) is 6.76. The Morgan fingerprint density at radius 1 is 1.19 bits per heavy atom. The van der Waals surface area contributed by atoms with Crippen molar-refractivity contribution in [3.8, 4) is 17.2 Å². The van der Waals surface area contributed by atoms with Crippen LogP contribution in [0.15, 0.2) is 12.1 Å². The summed E-state index contributed by atoms with van der Waals surface area (Å²) in [5.41, 5.74) is 0.107. The molecule has 1 aliphatic heterocycles. The molecule has 7 heteroatoms. The summed E-state index contributed by atoms with van der Waals surface area (Å²) in [5, 5.41) is 13.3. The number of hydrogen-bond donors (Lipinski definition) is 2. The van der Waals surface area contributed by atoms with E-state index in [4.69, 9.17) is 9.47 Å². The Labute approximate surface area is 122 Å². The average molecular weight is 302 g/mol. The van der Waals surface area contributed by atoms with Crippen LogP contribution in [0.5, 0.6) is 17.2 Å². The van der Waals surface area contributed by atoms with Crippen molar-refractivity contribution in [3.05, 3.63) is 17.7 Å². The van der Waals surface area contributed by atoms with Crippen molar-refractivity contribution in [2.75, 3.05) is 40.4 Å². The van der Waals surface area contributed by atoms with E-state index in [1.54, 1.807) is 4.90 Å². The van der Waals surface area contributed by atoms with Crippen LogP contribution in [0.4, 0.5) is 8.78 Å². The zero-order valence-corrected chi connectivity index (χ0v) is 12.1. The largest absolute Gasteiger partial charge is 0.507 e. The molecule has 118 valence electrons. The SMILES string of the molecule is COc1cc(O)c([C@H](C(F)F)N2CCNCC2)c(OC)c1. The lowest BCUT2D eigenvalue weighted by atomic mass is 10.0. The highest BCUT2D eigenvalue weighted by Gasteiger charge is 2.34. The van der Waals surface area contributed by atoms with Crippen LogP contribution in [0.3, 0.4) is 0 Å². The molecule has 1 aliphatic rings. The molecule has 0 unspecified atom stereocenters. The molecule has 0 amide bonds. The van der Waals surface area contributed by atoms with Crippen LogP contribution < -0.4 is 14.8 Å². The van der Waals surface area contributed by atoms with Gasteiger partial charge < -0.3 is 19.9 Å². The molecule has 1 heterocycles. The number of halogens is 2. The van der Waals surface area contributed by atoms with E-state index < -0.39 is 12.5 Å². The minimum absolute atomic E-state index is 0.107. The van der Waals surface area contributed by atoms with Crippen molar-refractivity contribution in [3.63, 3.8) is 0 Å². The minimum atomic E-state index is -2.63. The van der Waals surface area contributed by atoms with E-state index in [0.717, 1.165) is 0 Å². The van der Waals surface area contributed by atoms with Crippen molar-refractivity contribution < 1.29 is 23.4 Å². The van der Waals surface area contributed by atoms with Gasteiger partial charge in [0.15, 0.2) is 0 Å². The number of piperazine rings is 1. The number of rotatable bonds is 5. The molecular weight excluding hydrogens is 282 g/mol. The normalized spacial score (nSPS) is 17.8. The van der Waals surface area contributed by atoms with Crippen LogP contribution in [-0.2, 0) is 0 Å². The van der Waals surface area contributed by atoms with Gasteiger partial charge in [0.2, 0.25) is 0 Å². The van der Waals surface area contributed by atoms with Gasteiger partial charge in [0.25, 0.3) is 6.43 Å². The highest BCUT2D eigenvalue weighted by Crippen LogP contribution is 2.42. The van der Waals surface area contributed by atoms with Crippen LogP contribution in [0.2, 0.25) is 0 Å². The highest BCUT2D eigenvalue weighted by molar-refractivity contribution is 5.52. The van der Waals surface area contributed by atoms with Gasteiger partial charge in [-0.2, -0.15) is 0 Å². The van der Waals surface area contributed by atoms with E-state index in [2.05, 4.69) is 5.32 Å². The molecular formula is C14H20F2N2O3. The quantitative estimate of drug-likeness (QED) is 0.866. The lowest BCUT2D eigenvalue weighted by Crippen LogP contribution is -2.47. The topological polar surface area (TPSA) is 54.0 Å². The number of ether oxygens (including phenoxy) is 2. The van der Waals surface area contributed by atoms with E-state index in [9.17, 15) is 13.9 Å². The average Bonchev–Trinajstić information content (AvgIpc) is 2.49. The van der Waals surface area contributed by atoms with Crippen molar-refractivity contribution in [2.45, 2.75) is 12.5 Å². The summed E-state index contributed by atoms with van der Waals surface area (Å²) in [4.78, 5) is 1.66. The molecule has 0 bridgehead atoms. The Morgan fingerprint density at radius 3 is 2.38 bits per heavy atom. The summed E-state index contributed by atoms with van der Waals surface area (Å²) in [6, 6.07) is 1.63. The number of hydrogen-bond acceptors (Lipinski definition) is 5. The predicted molar refractivity (Wildman–Crippen MR) is 74.4 cm³/mol. The number of nitrogens with zero attached hydrogens (tertiary/aromatic N) is 1. The Kier molecular flexibility index (Phi) is 5.19. The highest BCUT2D eigenvalue weighted by atomic mass is 19.3. The van der Waals surface area contributed by atoms with Gasteiger partial charge in [-0.05, 0) is 0 Å². The Bertz CT molecular complexity index is 480. The molecule has 0 radical (unpaired) electrons. The van der Waals surface area contributed by atoms with Gasteiger partial charge in [0.05, 0.1) is 19.8 Å². The van der Waals surface area contributed by atoms with E-state index in [1.165, 1.54) is 26.4 Å². The molecule has 1 aromatic carbocycles. The lowest BCUT2D eigenvalue weighted by molar-refractivity contribution is 0.0158.